The van der Waals surface area contributed by atoms with Crippen molar-refractivity contribution in [3.63, 3.8) is 0 Å². The smallest absolute Gasteiger partial charge is 0.312 e. The summed E-state index contributed by atoms with van der Waals surface area (Å²) in [4.78, 5) is 53.5. The monoisotopic (exact) mass is 636 g/mol. The molecule has 10 saturated carbocycles. The first-order valence-corrected chi connectivity index (χ1v) is 18.9. The lowest BCUT2D eigenvalue weighted by Crippen LogP contribution is -2.58. The Balaban J connectivity index is 0.920. The molecule has 11 aliphatic rings. The molecule has 8 heteroatoms. The molecule has 8 atom stereocenters. The van der Waals surface area contributed by atoms with Crippen molar-refractivity contribution in [2.24, 2.45) is 70.0 Å². The molecular formula is C38H52O8. The van der Waals surface area contributed by atoms with Crippen molar-refractivity contribution in [3.8, 4) is 0 Å². The van der Waals surface area contributed by atoms with Gasteiger partial charge in [-0.05, 0) is 120 Å². The molecule has 0 amide bonds. The van der Waals surface area contributed by atoms with Crippen molar-refractivity contribution in [3.05, 3.63) is 0 Å². The van der Waals surface area contributed by atoms with E-state index in [-0.39, 0.29) is 48.8 Å². The number of ether oxygens (including phenoxy) is 4. The van der Waals surface area contributed by atoms with Crippen molar-refractivity contribution in [1.82, 2.24) is 0 Å². The summed E-state index contributed by atoms with van der Waals surface area (Å²) >= 11 is 0. The Morgan fingerprint density at radius 2 is 1.20 bits per heavy atom. The second-order valence-corrected chi connectivity index (χ2v) is 17.9. The second kappa shape index (κ2) is 10.6. The number of hydrogen-bond acceptors (Lipinski definition) is 8. The minimum absolute atomic E-state index is 0.0112. The minimum atomic E-state index is -0.693. The molecule has 8 unspecified atom stereocenters. The predicted molar refractivity (Wildman–Crippen MR) is 165 cm³/mol. The molecule has 0 radical (unpaired) electrons. The number of Topliss-reactive ketones (excluding diaryl/α,β-unsaturated/α-hetero) is 2. The summed E-state index contributed by atoms with van der Waals surface area (Å²) < 4.78 is 26.3. The SMILES string of the molecule is CCC1(C(=O)OCC2OC3(OC2COC(=O)C24CC5CC(C2)C(=O)C(C5)C4)C2CC4CC(C2)CC3C4)CC2CC(C)C(=O)C(C2)C1. The van der Waals surface area contributed by atoms with Gasteiger partial charge in [0.15, 0.2) is 5.79 Å². The third kappa shape index (κ3) is 4.50. The number of rotatable bonds is 7. The Bertz CT molecular complexity index is 1270. The Morgan fingerprint density at radius 3 is 1.78 bits per heavy atom. The molecule has 0 aromatic heterocycles. The van der Waals surface area contributed by atoms with Gasteiger partial charge in [-0.1, -0.05) is 13.8 Å². The third-order valence-corrected chi connectivity index (χ3v) is 15.2. The molecule has 1 spiro atoms. The van der Waals surface area contributed by atoms with Crippen LogP contribution in [0.2, 0.25) is 0 Å². The fraction of sp³-hybridized carbons (Fsp3) is 0.895. The lowest BCUT2D eigenvalue weighted by atomic mass is 9.49. The van der Waals surface area contributed by atoms with Gasteiger partial charge in [0, 0.05) is 35.5 Å². The minimum Gasteiger partial charge on any atom is -0.462 e. The highest BCUT2D eigenvalue weighted by molar-refractivity contribution is 5.90. The molecule has 1 heterocycles. The third-order valence-electron chi connectivity index (χ3n) is 15.2. The van der Waals surface area contributed by atoms with E-state index in [4.69, 9.17) is 18.9 Å². The van der Waals surface area contributed by atoms with E-state index in [9.17, 15) is 19.2 Å². The van der Waals surface area contributed by atoms with Crippen molar-refractivity contribution < 1.29 is 38.1 Å². The average molecular weight is 637 g/mol. The maximum absolute atomic E-state index is 14.0. The Labute approximate surface area is 272 Å². The molecule has 11 fully saturated rings. The zero-order valence-corrected chi connectivity index (χ0v) is 27.7. The first-order chi connectivity index (χ1) is 22.1. The number of esters is 2. The summed E-state index contributed by atoms with van der Waals surface area (Å²) in [6.07, 6.45) is 12.5. The number of ketones is 2. The number of hydrogen-bond donors (Lipinski definition) is 0. The van der Waals surface area contributed by atoms with Crippen molar-refractivity contribution >= 4 is 23.5 Å². The van der Waals surface area contributed by atoms with Gasteiger partial charge >= 0.3 is 11.9 Å². The highest BCUT2D eigenvalue weighted by Crippen LogP contribution is 2.63. The van der Waals surface area contributed by atoms with Gasteiger partial charge in [-0.25, -0.2) is 0 Å². The summed E-state index contributed by atoms with van der Waals surface area (Å²) in [5.41, 5.74) is -1.19. The van der Waals surface area contributed by atoms with Crippen LogP contribution in [0.5, 0.6) is 0 Å². The highest BCUT2D eigenvalue weighted by Gasteiger charge is 2.65. The van der Waals surface area contributed by atoms with Crippen LogP contribution in [0.15, 0.2) is 0 Å². The number of carbonyl (C=O) groups is 4. The van der Waals surface area contributed by atoms with Gasteiger partial charge in [-0.3, -0.25) is 19.2 Å². The second-order valence-electron chi connectivity index (χ2n) is 17.9. The number of carbonyl (C=O) groups excluding carboxylic acids is 4. The van der Waals surface area contributed by atoms with Crippen molar-refractivity contribution in [2.75, 3.05) is 13.2 Å². The van der Waals surface area contributed by atoms with Gasteiger partial charge in [0.2, 0.25) is 0 Å². The van der Waals surface area contributed by atoms with Crippen LogP contribution >= 0.6 is 0 Å². The van der Waals surface area contributed by atoms with Crippen LogP contribution in [0.4, 0.5) is 0 Å². The van der Waals surface area contributed by atoms with Crippen molar-refractivity contribution in [1.29, 1.82) is 0 Å². The molecule has 252 valence electrons. The van der Waals surface area contributed by atoms with E-state index in [1.807, 2.05) is 6.92 Å². The van der Waals surface area contributed by atoms with E-state index in [0.717, 1.165) is 76.0 Å². The van der Waals surface area contributed by atoms with Gasteiger partial charge < -0.3 is 18.9 Å². The first kappa shape index (κ1) is 30.3. The summed E-state index contributed by atoms with van der Waals surface area (Å²) in [7, 11) is 0. The fourth-order valence-corrected chi connectivity index (χ4v) is 13.5. The van der Waals surface area contributed by atoms with E-state index in [1.54, 1.807) is 0 Å². The zero-order valence-electron chi connectivity index (χ0n) is 27.7. The Morgan fingerprint density at radius 1 is 0.652 bits per heavy atom. The summed E-state index contributed by atoms with van der Waals surface area (Å²) in [6, 6.07) is 0. The molecule has 1 aliphatic heterocycles. The summed E-state index contributed by atoms with van der Waals surface area (Å²) in [5.74, 6) is 2.60. The molecule has 0 aromatic rings. The fourth-order valence-electron chi connectivity index (χ4n) is 13.5. The van der Waals surface area contributed by atoms with Crippen LogP contribution in [0, 0.1) is 70.0 Å². The van der Waals surface area contributed by atoms with Crippen LogP contribution in [0.1, 0.15) is 110 Å². The molecule has 11 rings (SSSR count). The first-order valence-electron chi connectivity index (χ1n) is 18.9. The largest absolute Gasteiger partial charge is 0.462 e. The van der Waals surface area contributed by atoms with Gasteiger partial charge in [0.1, 0.15) is 37.0 Å². The van der Waals surface area contributed by atoms with Crippen LogP contribution in [0.3, 0.4) is 0 Å². The predicted octanol–water partition coefficient (Wildman–Crippen LogP) is 5.83. The van der Waals surface area contributed by atoms with Crippen LogP contribution in [0.25, 0.3) is 0 Å². The molecule has 0 aromatic carbocycles. The van der Waals surface area contributed by atoms with Crippen LogP contribution in [-0.4, -0.2) is 54.7 Å². The van der Waals surface area contributed by atoms with E-state index >= 15 is 0 Å². The molecule has 10 bridgehead atoms. The van der Waals surface area contributed by atoms with E-state index in [2.05, 4.69) is 6.92 Å². The maximum atomic E-state index is 14.0. The molecule has 8 nitrogen and oxygen atoms in total. The van der Waals surface area contributed by atoms with Gasteiger partial charge in [-0.15, -0.1) is 0 Å². The van der Waals surface area contributed by atoms with E-state index < -0.39 is 28.8 Å². The lowest BCUT2D eigenvalue weighted by Gasteiger charge is -2.58. The molecule has 0 N–H and O–H groups in total. The Kier molecular flexibility index (Phi) is 6.97. The van der Waals surface area contributed by atoms with Crippen LogP contribution in [-0.2, 0) is 38.1 Å². The zero-order chi connectivity index (χ0) is 31.6. The maximum Gasteiger partial charge on any atom is 0.312 e. The quantitative estimate of drug-likeness (QED) is 0.322. The van der Waals surface area contributed by atoms with E-state index in [1.165, 1.54) is 6.42 Å². The lowest BCUT2D eigenvalue weighted by molar-refractivity contribution is -0.301. The van der Waals surface area contributed by atoms with Crippen molar-refractivity contribution in [2.45, 2.75) is 128 Å². The normalized spacial score (nSPS) is 52.8. The summed E-state index contributed by atoms with van der Waals surface area (Å²) in [6.45, 7) is 4.24. The molecule has 46 heavy (non-hydrogen) atoms. The average Bonchev–Trinajstić information content (AvgIpc) is 3.40. The van der Waals surface area contributed by atoms with Gasteiger partial charge in [0.05, 0.1) is 10.8 Å². The van der Waals surface area contributed by atoms with Gasteiger partial charge in [0.25, 0.3) is 0 Å². The van der Waals surface area contributed by atoms with Crippen LogP contribution < -0.4 is 0 Å². The molecule has 10 aliphatic carbocycles. The molecule has 1 saturated heterocycles. The van der Waals surface area contributed by atoms with E-state index in [0.29, 0.717) is 60.9 Å². The molecular weight excluding hydrogens is 584 g/mol. The topological polar surface area (TPSA) is 105 Å². The number of fused-ring (bicyclic) bond motifs is 2. The summed E-state index contributed by atoms with van der Waals surface area (Å²) in [5, 5.41) is 0. The Hall–Kier alpha value is -1.80. The standard InChI is InChI=1S/C38H52O8/c1-3-36(13-23-4-20(2)32(39)25(6-23)15-36)34(41)43-18-30-31(46-38(45-30)28-9-21-5-22(11-28)12-29(38)10-21)19-44-35(42)37-14-24-7-26(16-37)33(40)27(8-24)17-37/h20-31H,3-19H2,1-2H3. The highest BCUT2D eigenvalue weighted by atomic mass is 16.8. The van der Waals surface area contributed by atoms with Gasteiger partial charge in [-0.2, -0.15) is 0 Å².